The lowest BCUT2D eigenvalue weighted by Crippen LogP contribution is -2.02. The van der Waals surface area contributed by atoms with E-state index in [1.54, 1.807) is 42.5 Å². The van der Waals surface area contributed by atoms with Crippen molar-refractivity contribution in [2.24, 2.45) is 0 Å². The lowest BCUT2D eigenvalue weighted by Gasteiger charge is -2.12. The molecule has 0 saturated carbocycles. The van der Waals surface area contributed by atoms with E-state index in [-0.39, 0.29) is 4.90 Å². The number of fused-ring (bicyclic) bond motifs is 1. The monoisotopic (exact) mass is 316 g/mol. The number of hydrogen-bond donors (Lipinski definition) is 2. The molecule has 3 aromatic carbocycles. The second-order valence-electron chi connectivity index (χ2n) is 4.66. The molecule has 1 N–H and O–H groups in total. The highest BCUT2D eigenvalue weighted by molar-refractivity contribution is 7.86. The molecule has 0 aliphatic heterocycles. The van der Waals surface area contributed by atoms with Crippen molar-refractivity contribution in [2.45, 2.75) is 9.79 Å². The maximum atomic E-state index is 11.9. The van der Waals surface area contributed by atoms with Crippen molar-refractivity contribution in [3.63, 3.8) is 0 Å². The first-order valence-electron chi connectivity index (χ1n) is 6.26. The van der Waals surface area contributed by atoms with Crippen LogP contribution in [-0.2, 0) is 10.1 Å². The first-order valence-corrected chi connectivity index (χ1v) is 8.15. The molecule has 0 atom stereocenters. The topological polar surface area (TPSA) is 54.4 Å². The Morgan fingerprint density at radius 1 is 0.810 bits per heavy atom. The smallest absolute Gasteiger partial charge is 0.282 e. The summed E-state index contributed by atoms with van der Waals surface area (Å²) in [6.45, 7) is 0. The Morgan fingerprint density at radius 2 is 1.48 bits per heavy atom. The third-order valence-corrected chi connectivity index (χ3v) is 4.68. The summed E-state index contributed by atoms with van der Waals surface area (Å²) in [6, 6.07) is 17.8. The SMILES string of the molecule is O=S(=O)(O)c1c(-c2ccccc2S)ccc2ccccc12. The van der Waals surface area contributed by atoms with E-state index in [0.717, 1.165) is 5.39 Å². The van der Waals surface area contributed by atoms with Crippen LogP contribution in [0.4, 0.5) is 0 Å². The van der Waals surface area contributed by atoms with Crippen LogP contribution in [0.15, 0.2) is 70.5 Å². The molecule has 3 rings (SSSR count). The molecular formula is C16H12O3S2. The van der Waals surface area contributed by atoms with Crippen LogP contribution in [-0.4, -0.2) is 13.0 Å². The van der Waals surface area contributed by atoms with Crippen LogP contribution in [0.2, 0.25) is 0 Å². The number of benzene rings is 3. The molecule has 0 aliphatic carbocycles. The predicted octanol–water partition coefficient (Wildman–Crippen LogP) is 4.04. The van der Waals surface area contributed by atoms with Crippen LogP contribution in [0.25, 0.3) is 21.9 Å². The third kappa shape index (κ3) is 2.55. The minimum atomic E-state index is -4.36. The molecule has 0 aromatic heterocycles. The van der Waals surface area contributed by atoms with Crippen molar-refractivity contribution in [3.05, 3.63) is 60.7 Å². The van der Waals surface area contributed by atoms with E-state index in [0.29, 0.717) is 21.4 Å². The zero-order valence-electron chi connectivity index (χ0n) is 10.9. The van der Waals surface area contributed by atoms with Gasteiger partial charge >= 0.3 is 0 Å². The highest BCUT2D eigenvalue weighted by atomic mass is 32.2. The van der Waals surface area contributed by atoms with Gasteiger partial charge in [-0.25, -0.2) is 0 Å². The second kappa shape index (κ2) is 5.18. The second-order valence-corrected chi connectivity index (χ2v) is 6.50. The van der Waals surface area contributed by atoms with E-state index in [2.05, 4.69) is 12.6 Å². The van der Waals surface area contributed by atoms with Gasteiger partial charge in [-0.2, -0.15) is 8.42 Å². The van der Waals surface area contributed by atoms with Gasteiger partial charge in [-0.05, 0) is 17.0 Å². The van der Waals surface area contributed by atoms with Gasteiger partial charge in [0.1, 0.15) is 4.90 Å². The molecule has 0 saturated heterocycles. The molecule has 0 spiro atoms. The van der Waals surface area contributed by atoms with Gasteiger partial charge in [0.25, 0.3) is 10.1 Å². The van der Waals surface area contributed by atoms with Crippen LogP contribution in [0.1, 0.15) is 0 Å². The maximum Gasteiger partial charge on any atom is 0.295 e. The fourth-order valence-electron chi connectivity index (χ4n) is 2.43. The molecule has 0 bridgehead atoms. The van der Waals surface area contributed by atoms with Crippen LogP contribution in [0.5, 0.6) is 0 Å². The van der Waals surface area contributed by atoms with Crippen LogP contribution in [0, 0.1) is 0 Å². The Balaban J connectivity index is 2.47. The van der Waals surface area contributed by atoms with Gasteiger partial charge < -0.3 is 0 Å². The van der Waals surface area contributed by atoms with Gasteiger partial charge in [0, 0.05) is 15.8 Å². The summed E-state index contributed by atoms with van der Waals surface area (Å²) in [5.74, 6) is 0. The van der Waals surface area contributed by atoms with Crippen molar-refractivity contribution in [1.82, 2.24) is 0 Å². The summed E-state index contributed by atoms with van der Waals surface area (Å²) in [4.78, 5) is 0.569. The molecule has 3 nitrogen and oxygen atoms in total. The lowest BCUT2D eigenvalue weighted by molar-refractivity contribution is 0.484. The standard InChI is InChI=1S/C16H12O3S2/c17-21(18,19)16-12-6-2-1-5-11(12)9-10-14(16)13-7-3-4-8-15(13)20/h1-10,20H,(H,17,18,19). The number of thiol groups is 1. The summed E-state index contributed by atoms with van der Waals surface area (Å²) < 4.78 is 33.4. The van der Waals surface area contributed by atoms with Gasteiger partial charge in [0.05, 0.1) is 0 Å². The maximum absolute atomic E-state index is 11.9. The van der Waals surface area contributed by atoms with E-state index >= 15 is 0 Å². The van der Waals surface area contributed by atoms with E-state index < -0.39 is 10.1 Å². The Hall–Kier alpha value is -1.82. The average molecular weight is 316 g/mol. The molecule has 0 heterocycles. The zero-order chi connectivity index (χ0) is 15.0. The number of hydrogen-bond acceptors (Lipinski definition) is 3. The first kappa shape index (κ1) is 14.1. The molecule has 0 aliphatic rings. The Morgan fingerprint density at radius 3 is 2.19 bits per heavy atom. The van der Waals surface area contributed by atoms with Gasteiger partial charge in [-0.1, -0.05) is 54.6 Å². The van der Waals surface area contributed by atoms with Crippen molar-refractivity contribution >= 4 is 33.5 Å². The van der Waals surface area contributed by atoms with E-state index in [4.69, 9.17) is 0 Å². The van der Waals surface area contributed by atoms with Crippen LogP contribution in [0.3, 0.4) is 0 Å². The summed E-state index contributed by atoms with van der Waals surface area (Å²) in [5, 5.41) is 1.25. The van der Waals surface area contributed by atoms with E-state index in [1.165, 1.54) is 0 Å². The average Bonchev–Trinajstić information content (AvgIpc) is 2.45. The molecule has 5 heteroatoms. The molecule has 0 unspecified atom stereocenters. The molecule has 0 fully saturated rings. The van der Waals surface area contributed by atoms with Gasteiger partial charge in [-0.15, -0.1) is 12.6 Å². The minimum absolute atomic E-state index is 0.0814. The van der Waals surface area contributed by atoms with Crippen molar-refractivity contribution in [2.75, 3.05) is 0 Å². The summed E-state index contributed by atoms with van der Waals surface area (Å²) in [7, 11) is -4.36. The van der Waals surface area contributed by atoms with Crippen molar-refractivity contribution in [1.29, 1.82) is 0 Å². The fraction of sp³-hybridized carbons (Fsp3) is 0. The lowest BCUT2D eigenvalue weighted by atomic mass is 10.0. The molecule has 21 heavy (non-hydrogen) atoms. The molecule has 0 amide bonds. The highest BCUT2D eigenvalue weighted by Crippen LogP contribution is 2.36. The predicted molar refractivity (Wildman–Crippen MR) is 86.5 cm³/mol. The normalized spacial score (nSPS) is 11.7. The molecular weight excluding hydrogens is 304 g/mol. The fourth-order valence-corrected chi connectivity index (χ4v) is 3.64. The van der Waals surface area contributed by atoms with Gasteiger partial charge in [-0.3, -0.25) is 4.55 Å². The largest absolute Gasteiger partial charge is 0.295 e. The Kier molecular flexibility index (Phi) is 3.49. The Labute approximate surface area is 128 Å². The van der Waals surface area contributed by atoms with E-state index in [1.807, 2.05) is 18.2 Å². The third-order valence-electron chi connectivity index (χ3n) is 3.33. The molecule has 3 aromatic rings. The highest BCUT2D eigenvalue weighted by Gasteiger charge is 2.21. The first-order chi connectivity index (χ1) is 9.98. The molecule has 106 valence electrons. The summed E-state index contributed by atoms with van der Waals surface area (Å²) >= 11 is 4.37. The quantitative estimate of drug-likeness (QED) is 0.554. The molecule has 0 radical (unpaired) electrons. The summed E-state index contributed by atoms with van der Waals surface area (Å²) in [5.41, 5.74) is 1.11. The summed E-state index contributed by atoms with van der Waals surface area (Å²) in [6.07, 6.45) is 0. The van der Waals surface area contributed by atoms with E-state index in [9.17, 15) is 13.0 Å². The Bertz CT molecular complexity index is 931. The van der Waals surface area contributed by atoms with Gasteiger partial charge in [0.2, 0.25) is 0 Å². The minimum Gasteiger partial charge on any atom is -0.282 e. The number of rotatable bonds is 2. The van der Waals surface area contributed by atoms with Crippen molar-refractivity contribution < 1.29 is 13.0 Å². The van der Waals surface area contributed by atoms with Gasteiger partial charge in [0.15, 0.2) is 0 Å². The van der Waals surface area contributed by atoms with Crippen molar-refractivity contribution in [3.8, 4) is 11.1 Å². The zero-order valence-corrected chi connectivity index (χ0v) is 12.6. The van der Waals surface area contributed by atoms with Crippen LogP contribution >= 0.6 is 12.6 Å². The van der Waals surface area contributed by atoms with Crippen LogP contribution < -0.4 is 0 Å².